The average molecular weight is 852 g/mol. The van der Waals surface area contributed by atoms with Crippen LogP contribution in [0.1, 0.15) is 166 Å². The van der Waals surface area contributed by atoms with E-state index < -0.39 is 7.60 Å². The van der Waals surface area contributed by atoms with Crippen molar-refractivity contribution in [2.75, 3.05) is 18.1 Å². The maximum absolute atomic E-state index is 13.4. The number of hydrogen-bond acceptors (Lipinski definition) is 4. The van der Waals surface area contributed by atoms with Crippen molar-refractivity contribution in [2.24, 2.45) is 0 Å². The van der Waals surface area contributed by atoms with Crippen molar-refractivity contribution in [3.8, 4) is 11.1 Å². The molecule has 0 radical (unpaired) electrons. The lowest BCUT2D eigenvalue weighted by atomic mass is 9.70. The fraction of sp³-hybridized carbons (Fsp3) is 0.439. The molecule has 1 aliphatic carbocycles. The van der Waals surface area contributed by atoms with Crippen LogP contribution < -0.4 is 10.2 Å². The Labute approximate surface area is 375 Å². The van der Waals surface area contributed by atoms with E-state index in [2.05, 4.69) is 128 Å². The number of rotatable bonds is 28. The van der Waals surface area contributed by atoms with Gasteiger partial charge < -0.3 is 13.9 Å². The van der Waals surface area contributed by atoms with E-state index >= 15 is 0 Å². The Kier molecular flexibility index (Phi) is 18.7. The quantitative estimate of drug-likeness (QED) is 0.0285. The summed E-state index contributed by atoms with van der Waals surface area (Å²) in [6, 6.07) is 44.0. The molecule has 0 saturated carbocycles. The normalized spacial score (nSPS) is 13.1. The van der Waals surface area contributed by atoms with Crippen LogP contribution in [0.2, 0.25) is 0 Å². The molecule has 0 fully saturated rings. The van der Waals surface area contributed by atoms with Crippen molar-refractivity contribution in [3.05, 3.63) is 144 Å². The minimum Gasteiger partial charge on any atom is -0.310 e. The molecule has 6 rings (SSSR count). The Bertz CT molecular complexity index is 2080. The van der Waals surface area contributed by atoms with Crippen LogP contribution in [0.3, 0.4) is 0 Å². The monoisotopic (exact) mass is 852 g/mol. The highest BCUT2D eigenvalue weighted by molar-refractivity contribution is 7.62. The number of para-hydroxylation sites is 2. The maximum Gasteiger partial charge on any atom is 0.361 e. The van der Waals surface area contributed by atoms with Crippen LogP contribution in [0, 0.1) is 0 Å². The molecule has 0 unspecified atom stereocenters. The van der Waals surface area contributed by atoms with Crippen molar-refractivity contribution in [1.29, 1.82) is 0 Å². The van der Waals surface area contributed by atoms with Gasteiger partial charge in [-0.2, -0.15) is 0 Å². The van der Waals surface area contributed by atoms with Gasteiger partial charge in [-0.25, -0.2) is 0 Å². The van der Waals surface area contributed by atoms with Gasteiger partial charge in [0.15, 0.2) is 0 Å². The van der Waals surface area contributed by atoms with E-state index in [0.717, 1.165) is 18.4 Å². The molecule has 0 N–H and O–H groups in total. The molecule has 0 aromatic heterocycles. The smallest absolute Gasteiger partial charge is 0.310 e. The summed E-state index contributed by atoms with van der Waals surface area (Å²) in [5, 5.41) is 0.595. The molecule has 5 aromatic rings. The Morgan fingerprint density at radius 3 is 1.40 bits per heavy atom. The Balaban J connectivity index is 1.37. The molecule has 0 atom stereocenters. The van der Waals surface area contributed by atoms with E-state index in [-0.39, 0.29) is 5.41 Å². The summed E-state index contributed by atoms with van der Waals surface area (Å²) in [6.45, 7) is 8.97. The third-order valence-corrected chi connectivity index (χ3v) is 15.0. The first-order valence-electron chi connectivity index (χ1n) is 24.3. The van der Waals surface area contributed by atoms with Gasteiger partial charge in [0, 0.05) is 22.5 Å². The van der Waals surface area contributed by atoms with Gasteiger partial charge >= 0.3 is 7.60 Å². The molecule has 5 heteroatoms. The highest BCUT2D eigenvalue weighted by Crippen LogP contribution is 2.56. The SMILES string of the molecule is CCCCCCCCCCC1(CCCCCCCCCC)c2cc(/C=C/c3ccc(P(=O)(OCC)OCC)cc3)ccc2-c2ccc(N(c3ccccc3)c3ccccc3)cc21. The maximum atomic E-state index is 13.4. The summed E-state index contributed by atoms with van der Waals surface area (Å²) in [7, 11) is -3.34. The molecule has 0 amide bonds. The Morgan fingerprint density at radius 1 is 0.468 bits per heavy atom. The minimum atomic E-state index is -3.34. The largest absolute Gasteiger partial charge is 0.361 e. The summed E-state index contributed by atoms with van der Waals surface area (Å²) in [6.07, 6.45) is 27.8. The first kappa shape index (κ1) is 47.3. The number of nitrogens with zero attached hydrogens (tertiary/aromatic N) is 1. The van der Waals surface area contributed by atoms with Crippen LogP contribution in [0.25, 0.3) is 23.3 Å². The first-order chi connectivity index (χ1) is 30.5. The second-order valence-electron chi connectivity index (χ2n) is 17.3. The van der Waals surface area contributed by atoms with Gasteiger partial charge in [-0.1, -0.05) is 202 Å². The molecule has 0 bridgehead atoms. The predicted octanol–water partition coefficient (Wildman–Crippen LogP) is 17.5. The predicted molar refractivity (Wildman–Crippen MR) is 268 cm³/mol. The van der Waals surface area contributed by atoms with Gasteiger partial charge in [0.05, 0.1) is 18.5 Å². The van der Waals surface area contributed by atoms with Crippen LogP contribution in [0.5, 0.6) is 0 Å². The molecule has 0 aliphatic heterocycles. The molecular formula is C57H74NO3P. The van der Waals surface area contributed by atoms with Gasteiger partial charge in [-0.05, 0) is 109 Å². The average Bonchev–Trinajstić information content (AvgIpc) is 3.56. The molecular weight excluding hydrogens is 778 g/mol. The summed E-state index contributed by atoms with van der Waals surface area (Å²) >= 11 is 0. The molecule has 0 spiro atoms. The van der Waals surface area contributed by atoms with Crippen molar-refractivity contribution in [2.45, 2.75) is 149 Å². The fourth-order valence-electron chi connectivity index (χ4n) is 9.62. The van der Waals surface area contributed by atoms with Crippen molar-refractivity contribution >= 4 is 42.1 Å². The van der Waals surface area contributed by atoms with Crippen LogP contribution in [-0.2, 0) is 19.0 Å². The van der Waals surface area contributed by atoms with Crippen LogP contribution in [-0.4, -0.2) is 13.2 Å². The van der Waals surface area contributed by atoms with E-state index in [1.54, 1.807) is 0 Å². The van der Waals surface area contributed by atoms with E-state index in [4.69, 9.17) is 9.05 Å². The topological polar surface area (TPSA) is 38.8 Å². The lowest BCUT2D eigenvalue weighted by Gasteiger charge is -2.34. The van der Waals surface area contributed by atoms with Crippen molar-refractivity contribution < 1.29 is 13.6 Å². The van der Waals surface area contributed by atoms with Gasteiger partial charge in [-0.15, -0.1) is 0 Å². The minimum absolute atomic E-state index is 0.0741. The van der Waals surface area contributed by atoms with E-state index in [0.29, 0.717) is 18.5 Å². The van der Waals surface area contributed by atoms with E-state index in [1.165, 1.54) is 148 Å². The number of hydrogen-bond donors (Lipinski definition) is 0. The standard InChI is InChI=1S/C57H74NO3P/c1-5-9-11-13-15-17-19-27-43-57(44-28-20-18-16-14-12-10-6-2)55-45-48(34-33-47-35-39-52(40-36-47)62(59,60-7-3)61-8-4)37-41-53(55)54-42-38-51(46-56(54)57)58(49-29-23-21-24-30-49)50-31-25-22-26-32-50/h21-26,29-42,45-46H,5-20,27-28,43-44H2,1-4H3/b34-33+. The molecule has 330 valence electrons. The van der Waals surface area contributed by atoms with Gasteiger partial charge in [0.2, 0.25) is 0 Å². The van der Waals surface area contributed by atoms with Gasteiger partial charge in [0.1, 0.15) is 0 Å². The van der Waals surface area contributed by atoms with E-state index in [1.807, 2.05) is 38.1 Å². The second kappa shape index (κ2) is 24.6. The third kappa shape index (κ3) is 12.3. The Hall–Kier alpha value is -4.21. The van der Waals surface area contributed by atoms with Crippen LogP contribution >= 0.6 is 7.60 Å². The molecule has 4 nitrogen and oxygen atoms in total. The third-order valence-electron chi connectivity index (χ3n) is 12.8. The highest BCUT2D eigenvalue weighted by atomic mass is 31.2. The second-order valence-corrected chi connectivity index (χ2v) is 19.4. The zero-order valence-corrected chi connectivity index (χ0v) is 39.4. The number of benzene rings is 5. The van der Waals surface area contributed by atoms with Gasteiger partial charge in [0.25, 0.3) is 0 Å². The summed E-state index contributed by atoms with van der Waals surface area (Å²) in [5.41, 5.74) is 11.5. The molecule has 5 aromatic carbocycles. The van der Waals surface area contributed by atoms with Crippen LogP contribution in [0.15, 0.2) is 121 Å². The van der Waals surface area contributed by atoms with Crippen LogP contribution in [0.4, 0.5) is 17.1 Å². The van der Waals surface area contributed by atoms with Crippen molar-refractivity contribution in [3.63, 3.8) is 0 Å². The summed E-state index contributed by atoms with van der Waals surface area (Å²) < 4.78 is 24.7. The Morgan fingerprint density at radius 2 is 0.903 bits per heavy atom. The number of unbranched alkanes of at least 4 members (excludes halogenated alkanes) is 14. The lowest BCUT2D eigenvalue weighted by molar-refractivity contribution is 0.230. The molecule has 62 heavy (non-hydrogen) atoms. The van der Waals surface area contributed by atoms with Crippen molar-refractivity contribution in [1.82, 2.24) is 0 Å². The zero-order chi connectivity index (χ0) is 43.5. The van der Waals surface area contributed by atoms with E-state index in [9.17, 15) is 4.57 Å². The highest BCUT2D eigenvalue weighted by Gasteiger charge is 2.43. The lowest BCUT2D eigenvalue weighted by Crippen LogP contribution is -2.26. The molecule has 0 saturated heterocycles. The number of anilines is 3. The zero-order valence-electron chi connectivity index (χ0n) is 38.5. The number of fused-ring (bicyclic) bond motifs is 3. The summed E-state index contributed by atoms with van der Waals surface area (Å²) in [4.78, 5) is 2.43. The summed E-state index contributed by atoms with van der Waals surface area (Å²) in [5.74, 6) is 0. The first-order valence-corrected chi connectivity index (χ1v) is 25.9. The molecule has 1 aliphatic rings. The fourth-order valence-corrected chi connectivity index (χ4v) is 11.2. The van der Waals surface area contributed by atoms with Gasteiger partial charge in [-0.3, -0.25) is 4.57 Å². The molecule has 0 heterocycles.